The van der Waals surface area contributed by atoms with E-state index >= 15 is 0 Å². The number of carbonyl (C=O) groups excluding carboxylic acids is 1. The molecule has 0 heterocycles. The van der Waals surface area contributed by atoms with E-state index in [4.69, 9.17) is 0 Å². The molecule has 116 valence electrons. The van der Waals surface area contributed by atoms with Gasteiger partial charge in [0.15, 0.2) is 0 Å². The molecule has 0 bridgehead atoms. The van der Waals surface area contributed by atoms with Gasteiger partial charge < -0.3 is 10.2 Å². The zero-order valence-corrected chi connectivity index (χ0v) is 15.1. The lowest BCUT2D eigenvalue weighted by atomic mass is 10.1. The van der Waals surface area contributed by atoms with E-state index in [0.717, 1.165) is 27.8 Å². The fourth-order valence-electron chi connectivity index (χ4n) is 2.34. The van der Waals surface area contributed by atoms with Gasteiger partial charge in [-0.05, 0) is 66.3 Å². The second kappa shape index (κ2) is 8.17. The van der Waals surface area contributed by atoms with Crippen molar-refractivity contribution < 1.29 is 4.79 Å². The smallest absolute Gasteiger partial charge is 0.252 e. The standard InChI is InChI=1S/C18H21IN2O/c1-3-21(4-2)15-11-9-14(10-12-15)13-20-18(22)16-7-5-6-8-17(16)19/h5-12H,3-4,13H2,1-2H3,(H,20,22). The Hall–Kier alpha value is -1.56. The van der Waals surface area contributed by atoms with Crippen LogP contribution >= 0.6 is 22.6 Å². The molecule has 0 atom stereocenters. The van der Waals surface area contributed by atoms with Crippen LogP contribution in [0.5, 0.6) is 0 Å². The number of hydrogen-bond acceptors (Lipinski definition) is 2. The van der Waals surface area contributed by atoms with Crippen LogP contribution < -0.4 is 10.2 Å². The topological polar surface area (TPSA) is 32.3 Å². The molecule has 1 N–H and O–H groups in total. The number of nitrogens with one attached hydrogen (secondary N) is 1. The minimum absolute atomic E-state index is 0.0298. The molecule has 2 aromatic carbocycles. The summed E-state index contributed by atoms with van der Waals surface area (Å²) < 4.78 is 0.967. The zero-order valence-electron chi connectivity index (χ0n) is 13.0. The van der Waals surface area contributed by atoms with E-state index in [2.05, 4.69) is 70.9 Å². The molecule has 0 radical (unpaired) electrons. The van der Waals surface area contributed by atoms with Gasteiger partial charge in [-0.1, -0.05) is 24.3 Å². The second-order valence-corrected chi connectivity index (χ2v) is 6.16. The Kier molecular flexibility index (Phi) is 6.24. The highest BCUT2D eigenvalue weighted by molar-refractivity contribution is 14.1. The van der Waals surface area contributed by atoms with Crippen LogP contribution in [0.4, 0.5) is 5.69 Å². The third-order valence-electron chi connectivity index (χ3n) is 3.64. The van der Waals surface area contributed by atoms with Crippen molar-refractivity contribution in [2.45, 2.75) is 20.4 Å². The summed E-state index contributed by atoms with van der Waals surface area (Å²) in [6, 6.07) is 16.0. The number of rotatable bonds is 6. The number of halogens is 1. The minimum atomic E-state index is -0.0298. The fraction of sp³-hybridized carbons (Fsp3) is 0.278. The first-order chi connectivity index (χ1) is 10.7. The van der Waals surface area contributed by atoms with Crippen LogP contribution in [0.15, 0.2) is 48.5 Å². The van der Waals surface area contributed by atoms with Crippen molar-refractivity contribution in [3.8, 4) is 0 Å². The summed E-state index contributed by atoms with van der Waals surface area (Å²) in [4.78, 5) is 14.5. The van der Waals surface area contributed by atoms with Crippen molar-refractivity contribution in [1.29, 1.82) is 0 Å². The van der Waals surface area contributed by atoms with E-state index in [-0.39, 0.29) is 5.91 Å². The van der Waals surface area contributed by atoms with Gasteiger partial charge in [-0.2, -0.15) is 0 Å². The van der Waals surface area contributed by atoms with E-state index in [1.807, 2.05) is 24.3 Å². The third kappa shape index (κ3) is 4.22. The maximum atomic E-state index is 12.2. The molecule has 3 nitrogen and oxygen atoms in total. The number of carbonyl (C=O) groups is 1. The average molecular weight is 408 g/mol. The summed E-state index contributed by atoms with van der Waals surface area (Å²) in [6.07, 6.45) is 0. The molecule has 0 aliphatic carbocycles. The van der Waals surface area contributed by atoms with Gasteiger partial charge in [0.2, 0.25) is 0 Å². The molecule has 4 heteroatoms. The van der Waals surface area contributed by atoms with Gasteiger partial charge in [0, 0.05) is 28.9 Å². The van der Waals surface area contributed by atoms with Gasteiger partial charge in [0.1, 0.15) is 0 Å². The molecule has 0 spiro atoms. The predicted molar refractivity (Wildman–Crippen MR) is 100 cm³/mol. The second-order valence-electron chi connectivity index (χ2n) is 5.00. The number of anilines is 1. The largest absolute Gasteiger partial charge is 0.372 e. The molecule has 2 aromatic rings. The Morgan fingerprint density at radius 2 is 1.68 bits per heavy atom. The first-order valence-electron chi connectivity index (χ1n) is 7.52. The van der Waals surface area contributed by atoms with Crippen LogP contribution in [0.1, 0.15) is 29.8 Å². The normalized spacial score (nSPS) is 10.3. The van der Waals surface area contributed by atoms with Crippen molar-refractivity contribution in [1.82, 2.24) is 5.32 Å². The highest BCUT2D eigenvalue weighted by Gasteiger charge is 2.08. The maximum Gasteiger partial charge on any atom is 0.252 e. The Morgan fingerprint density at radius 3 is 2.27 bits per heavy atom. The summed E-state index contributed by atoms with van der Waals surface area (Å²) in [7, 11) is 0. The Balaban J connectivity index is 1.97. The molecule has 1 amide bonds. The molecule has 0 aliphatic heterocycles. The first kappa shape index (κ1) is 16.8. The van der Waals surface area contributed by atoms with E-state index < -0.39 is 0 Å². The Labute approximate surface area is 145 Å². The quantitative estimate of drug-likeness (QED) is 0.732. The van der Waals surface area contributed by atoms with Gasteiger partial charge in [-0.25, -0.2) is 0 Å². The number of hydrogen-bond donors (Lipinski definition) is 1. The van der Waals surface area contributed by atoms with Crippen molar-refractivity contribution in [2.24, 2.45) is 0 Å². The van der Waals surface area contributed by atoms with Gasteiger partial charge in [-0.3, -0.25) is 4.79 Å². The van der Waals surface area contributed by atoms with E-state index in [1.165, 1.54) is 5.69 Å². The predicted octanol–water partition coefficient (Wildman–Crippen LogP) is 4.07. The van der Waals surface area contributed by atoms with Crippen molar-refractivity contribution >= 4 is 34.2 Å². The molecule has 0 saturated carbocycles. The molecule has 0 fully saturated rings. The molecule has 22 heavy (non-hydrogen) atoms. The number of benzene rings is 2. The Morgan fingerprint density at radius 1 is 1.05 bits per heavy atom. The van der Waals surface area contributed by atoms with Crippen molar-refractivity contribution in [3.05, 3.63) is 63.2 Å². The molecule has 2 rings (SSSR count). The number of amides is 1. The van der Waals surface area contributed by atoms with Crippen LogP contribution in [-0.4, -0.2) is 19.0 Å². The molecule has 0 aromatic heterocycles. The molecular weight excluding hydrogens is 387 g/mol. The average Bonchev–Trinajstić information content (AvgIpc) is 2.55. The van der Waals surface area contributed by atoms with Gasteiger partial charge in [0.25, 0.3) is 5.91 Å². The lowest BCUT2D eigenvalue weighted by Gasteiger charge is -2.21. The highest BCUT2D eigenvalue weighted by Crippen LogP contribution is 2.15. The van der Waals surface area contributed by atoms with Crippen LogP contribution in [-0.2, 0) is 6.54 Å². The zero-order chi connectivity index (χ0) is 15.9. The van der Waals surface area contributed by atoms with E-state index in [9.17, 15) is 4.79 Å². The van der Waals surface area contributed by atoms with E-state index in [0.29, 0.717) is 6.54 Å². The van der Waals surface area contributed by atoms with Crippen molar-refractivity contribution in [3.63, 3.8) is 0 Å². The maximum absolute atomic E-state index is 12.2. The molecular formula is C18H21IN2O. The monoisotopic (exact) mass is 408 g/mol. The summed E-state index contributed by atoms with van der Waals surface area (Å²) in [5.41, 5.74) is 3.05. The third-order valence-corrected chi connectivity index (χ3v) is 4.58. The lowest BCUT2D eigenvalue weighted by molar-refractivity contribution is 0.0950. The summed E-state index contributed by atoms with van der Waals surface area (Å²) in [5, 5.41) is 2.98. The van der Waals surface area contributed by atoms with Crippen LogP contribution in [0, 0.1) is 3.57 Å². The van der Waals surface area contributed by atoms with Crippen LogP contribution in [0.2, 0.25) is 0 Å². The highest BCUT2D eigenvalue weighted by atomic mass is 127. The summed E-state index contributed by atoms with van der Waals surface area (Å²) >= 11 is 2.18. The van der Waals surface area contributed by atoms with Crippen molar-refractivity contribution in [2.75, 3.05) is 18.0 Å². The molecule has 0 aliphatic rings. The summed E-state index contributed by atoms with van der Waals surface area (Å²) in [6.45, 7) is 6.85. The van der Waals surface area contributed by atoms with Gasteiger partial charge in [0.05, 0.1) is 5.56 Å². The molecule has 0 unspecified atom stereocenters. The van der Waals surface area contributed by atoms with Crippen LogP contribution in [0.25, 0.3) is 0 Å². The number of nitrogens with zero attached hydrogens (tertiary/aromatic N) is 1. The first-order valence-corrected chi connectivity index (χ1v) is 8.60. The van der Waals surface area contributed by atoms with E-state index in [1.54, 1.807) is 0 Å². The molecule has 0 saturated heterocycles. The summed E-state index contributed by atoms with van der Waals surface area (Å²) in [5.74, 6) is -0.0298. The van der Waals surface area contributed by atoms with Crippen LogP contribution in [0.3, 0.4) is 0 Å². The van der Waals surface area contributed by atoms with Gasteiger partial charge >= 0.3 is 0 Å². The van der Waals surface area contributed by atoms with Gasteiger partial charge in [-0.15, -0.1) is 0 Å². The fourth-order valence-corrected chi connectivity index (χ4v) is 2.97. The Bertz CT molecular complexity index is 621. The lowest BCUT2D eigenvalue weighted by Crippen LogP contribution is -2.24. The minimum Gasteiger partial charge on any atom is -0.372 e. The SMILES string of the molecule is CCN(CC)c1ccc(CNC(=O)c2ccccc2I)cc1.